The molecule has 0 saturated heterocycles. The smallest absolute Gasteiger partial charge is 0.0624 e. The van der Waals surface area contributed by atoms with Crippen molar-refractivity contribution in [2.24, 2.45) is 0 Å². The molecule has 3 aromatic carbocycles. The third kappa shape index (κ3) is 2.23. The van der Waals surface area contributed by atoms with Gasteiger partial charge in [0.05, 0.1) is 5.69 Å². The van der Waals surface area contributed by atoms with Crippen molar-refractivity contribution >= 4 is 5.69 Å². The van der Waals surface area contributed by atoms with E-state index in [0.717, 1.165) is 22.3 Å². The normalized spacial score (nSPS) is 10.3. The maximum atomic E-state index is 8.20. The molecule has 3 aromatic rings. The summed E-state index contributed by atoms with van der Waals surface area (Å²) in [6.45, 7) is 0. The van der Waals surface area contributed by atoms with Gasteiger partial charge in [0, 0.05) is 5.56 Å². The highest BCUT2D eigenvalue weighted by Gasteiger charge is 2.10. The van der Waals surface area contributed by atoms with Gasteiger partial charge in [0.25, 0.3) is 0 Å². The molecule has 1 heteroatoms. The largest absolute Gasteiger partial charge is 0.300 e. The second-order valence-corrected chi connectivity index (χ2v) is 4.46. The molecule has 91 valence electrons. The van der Waals surface area contributed by atoms with Crippen LogP contribution in [0.5, 0.6) is 0 Å². The average Bonchev–Trinajstić information content (AvgIpc) is 2.49. The van der Waals surface area contributed by atoms with Crippen molar-refractivity contribution in [3.05, 3.63) is 78.9 Å². The number of hydrogen-bond acceptors (Lipinski definition) is 0. The molecule has 3 rings (SSSR count). The first-order valence-corrected chi connectivity index (χ1v) is 6.32. The molecule has 0 aliphatic rings. The Hall–Kier alpha value is -2.54. The SMILES string of the molecule is [NH]c1cccc(-c2ccccc2)c1-c1ccccc1. The standard InChI is InChI=1S/C18H14N/c19-17-13-7-12-16(14-8-3-1-4-9-14)18(17)15-10-5-2-6-11-15/h1-13,19H. The fraction of sp³-hybridized carbons (Fsp3) is 0. The first-order chi connectivity index (χ1) is 9.36. The maximum absolute atomic E-state index is 8.20. The zero-order chi connectivity index (χ0) is 13.1. The second kappa shape index (κ2) is 4.99. The van der Waals surface area contributed by atoms with Crippen LogP contribution in [-0.4, -0.2) is 0 Å². The highest BCUT2D eigenvalue weighted by atomic mass is 14.6. The molecule has 0 heterocycles. The van der Waals surface area contributed by atoms with Gasteiger partial charge in [0.1, 0.15) is 0 Å². The van der Waals surface area contributed by atoms with Crippen LogP contribution in [0.3, 0.4) is 0 Å². The Morgan fingerprint density at radius 1 is 0.526 bits per heavy atom. The highest BCUT2D eigenvalue weighted by molar-refractivity contribution is 5.90. The molecule has 19 heavy (non-hydrogen) atoms. The van der Waals surface area contributed by atoms with Crippen molar-refractivity contribution in [1.82, 2.24) is 5.73 Å². The number of hydrogen-bond donors (Lipinski definition) is 0. The summed E-state index contributed by atoms with van der Waals surface area (Å²) in [4.78, 5) is 0. The van der Waals surface area contributed by atoms with Crippen molar-refractivity contribution in [1.29, 1.82) is 0 Å². The van der Waals surface area contributed by atoms with E-state index in [9.17, 15) is 0 Å². The summed E-state index contributed by atoms with van der Waals surface area (Å²) in [5.74, 6) is 0. The minimum Gasteiger partial charge on any atom is -0.300 e. The third-order valence-corrected chi connectivity index (χ3v) is 3.21. The van der Waals surface area contributed by atoms with E-state index < -0.39 is 0 Å². The van der Waals surface area contributed by atoms with Crippen LogP contribution in [0.2, 0.25) is 0 Å². The van der Waals surface area contributed by atoms with E-state index in [0.29, 0.717) is 5.69 Å². The molecule has 0 amide bonds. The van der Waals surface area contributed by atoms with Gasteiger partial charge in [-0.05, 0) is 22.8 Å². The van der Waals surface area contributed by atoms with E-state index in [2.05, 4.69) is 30.3 Å². The molecule has 0 fully saturated rings. The first kappa shape index (κ1) is 11.5. The van der Waals surface area contributed by atoms with Gasteiger partial charge in [-0.3, -0.25) is 0 Å². The van der Waals surface area contributed by atoms with Gasteiger partial charge >= 0.3 is 0 Å². The Balaban J connectivity index is 2.25. The van der Waals surface area contributed by atoms with Gasteiger partial charge < -0.3 is 5.73 Å². The second-order valence-electron chi connectivity index (χ2n) is 4.46. The summed E-state index contributed by atoms with van der Waals surface area (Å²) in [6.07, 6.45) is 0. The molecule has 0 aromatic heterocycles. The lowest BCUT2D eigenvalue weighted by Crippen LogP contribution is -1.87. The van der Waals surface area contributed by atoms with Crippen molar-refractivity contribution in [3.63, 3.8) is 0 Å². The van der Waals surface area contributed by atoms with Crippen molar-refractivity contribution < 1.29 is 0 Å². The lowest BCUT2D eigenvalue weighted by molar-refractivity contribution is 1.47. The van der Waals surface area contributed by atoms with E-state index >= 15 is 0 Å². The molecular formula is C18H14N. The molecule has 0 aliphatic carbocycles. The van der Waals surface area contributed by atoms with Crippen LogP contribution in [0.25, 0.3) is 22.3 Å². The van der Waals surface area contributed by atoms with Crippen LogP contribution >= 0.6 is 0 Å². The molecule has 1 nitrogen and oxygen atoms in total. The van der Waals surface area contributed by atoms with Crippen molar-refractivity contribution in [2.75, 3.05) is 0 Å². The Kier molecular flexibility index (Phi) is 3.03. The zero-order valence-corrected chi connectivity index (χ0v) is 10.5. The van der Waals surface area contributed by atoms with E-state index in [1.807, 2.05) is 48.5 Å². The van der Waals surface area contributed by atoms with Gasteiger partial charge in [-0.1, -0.05) is 72.8 Å². The number of nitrogens with one attached hydrogen (secondary N) is 1. The van der Waals surface area contributed by atoms with Gasteiger partial charge in [-0.2, -0.15) is 0 Å². The summed E-state index contributed by atoms with van der Waals surface area (Å²) in [5.41, 5.74) is 13.1. The summed E-state index contributed by atoms with van der Waals surface area (Å²) in [7, 11) is 0. The van der Waals surface area contributed by atoms with Crippen LogP contribution in [-0.2, 0) is 0 Å². The van der Waals surface area contributed by atoms with Crippen molar-refractivity contribution in [2.45, 2.75) is 0 Å². The van der Waals surface area contributed by atoms with E-state index in [-0.39, 0.29) is 0 Å². The van der Waals surface area contributed by atoms with Gasteiger partial charge in [-0.25, -0.2) is 0 Å². The average molecular weight is 244 g/mol. The van der Waals surface area contributed by atoms with Crippen molar-refractivity contribution in [3.8, 4) is 22.3 Å². The topological polar surface area (TPSA) is 23.8 Å². The summed E-state index contributed by atoms with van der Waals surface area (Å²) in [6, 6.07) is 26.2. The Labute approximate surface area is 113 Å². The molecule has 0 spiro atoms. The Morgan fingerprint density at radius 2 is 1.11 bits per heavy atom. The predicted octanol–water partition coefficient (Wildman–Crippen LogP) is 4.94. The van der Waals surface area contributed by atoms with Crippen LogP contribution in [0, 0.1) is 0 Å². The third-order valence-electron chi connectivity index (χ3n) is 3.21. The number of rotatable bonds is 2. The van der Waals surface area contributed by atoms with Crippen LogP contribution < -0.4 is 5.73 Å². The highest BCUT2D eigenvalue weighted by Crippen LogP contribution is 2.36. The maximum Gasteiger partial charge on any atom is 0.0624 e. The Morgan fingerprint density at radius 3 is 1.74 bits per heavy atom. The van der Waals surface area contributed by atoms with Crippen LogP contribution in [0.15, 0.2) is 78.9 Å². The predicted molar refractivity (Wildman–Crippen MR) is 80.1 cm³/mol. The monoisotopic (exact) mass is 244 g/mol. The molecule has 1 N–H and O–H groups in total. The first-order valence-electron chi connectivity index (χ1n) is 6.32. The molecule has 0 bridgehead atoms. The van der Waals surface area contributed by atoms with Gasteiger partial charge in [0.2, 0.25) is 0 Å². The van der Waals surface area contributed by atoms with Gasteiger partial charge in [-0.15, -0.1) is 0 Å². The fourth-order valence-corrected chi connectivity index (χ4v) is 2.33. The minimum absolute atomic E-state index is 0.563. The summed E-state index contributed by atoms with van der Waals surface area (Å²) < 4.78 is 0. The van der Waals surface area contributed by atoms with E-state index in [4.69, 9.17) is 5.73 Å². The summed E-state index contributed by atoms with van der Waals surface area (Å²) in [5, 5.41) is 0. The van der Waals surface area contributed by atoms with Crippen LogP contribution in [0.1, 0.15) is 0 Å². The lowest BCUT2D eigenvalue weighted by Gasteiger charge is -2.12. The zero-order valence-electron chi connectivity index (χ0n) is 10.5. The summed E-state index contributed by atoms with van der Waals surface area (Å²) >= 11 is 0. The molecule has 1 radical (unpaired) electrons. The van der Waals surface area contributed by atoms with Crippen LogP contribution in [0.4, 0.5) is 5.69 Å². The van der Waals surface area contributed by atoms with Gasteiger partial charge in [0.15, 0.2) is 0 Å². The number of benzene rings is 3. The minimum atomic E-state index is 0.563. The molecule has 0 atom stereocenters. The van der Waals surface area contributed by atoms with E-state index in [1.165, 1.54) is 0 Å². The molecular weight excluding hydrogens is 230 g/mol. The lowest BCUT2D eigenvalue weighted by atomic mass is 9.93. The van der Waals surface area contributed by atoms with E-state index in [1.54, 1.807) is 0 Å². The quantitative estimate of drug-likeness (QED) is 0.610. The fourth-order valence-electron chi connectivity index (χ4n) is 2.33. The Bertz CT molecular complexity index is 673. The molecule has 0 unspecified atom stereocenters. The molecule has 0 saturated carbocycles. The molecule has 0 aliphatic heterocycles.